The van der Waals surface area contributed by atoms with Crippen LogP contribution in [0.2, 0.25) is 5.02 Å². The van der Waals surface area contributed by atoms with Gasteiger partial charge in [0.2, 0.25) is 5.91 Å². The number of carboxylic acid groups (broad SMARTS) is 1. The highest BCUT2D eigenvalue weighted by molar-refractivity contribution is 7.80. The number of hydrogen-bond acceptors (Lipinski definition) is 4. The predicted molar refractivity (Wildman–Crippen MR) is 112 cm³/mol. The molecule has 2 fully saturated rings. The second kappa shape index (κ2) is 6.79. The first-order valence-corrected chi connectivity index (χ1v) is 10.0. The Kier molecular flexibility index (Phi) is 4.68. The van der Waals surface area contributed by atoms with E-state index in [4.69, 9.17) is 17.3 Å². The van der Waals surface area contributed by atoms with E-state index >= 15 is 0 Å². The van der Waals surface area contributed by atoms with Gasteiger partial charge >= 0.3 is 5.97 Å². The predicted octanol–water partition coefficient (Wildman–Crippen LogP) is 4.12. The van der Waals surface area contributed by atoms with Crippen LogP contribution >= 0.6 is 24.2 Å². The summed E-state index contributed by atoms with van der Waals surface area (Å²) in [5.41, 5.74) is 8.06. The molecule has 3 aliphatic rings. The molecule has 0 aromatic heterocycles. The first-order valence-electron chi connectivity index (χ1n) is 9.18. The van der Waals surface area contributed by atoms with E-state index in [0.29, 0.717) is 27.9 Å². The van der Waals surface area contributed by atoms with Crippen LogP contribution in [0, 0.1) is 6.92 Å². The van der Waals surface area contributed by atoms with Gasteiger partial charge in [0, 0.05) is 22.5 Å². The Hall–Kier alpha value is -2.02. The number of benzene rings is 2. The fourth-order valence-electron chi connectivity index (χ4n) is 3.79. The van der Waals surface area contributed by atoms with Gasteiger partial charge in [0.15, 0.2) is 0 Å². The van der Waals surface area contributed by atoms with Crippen LogP contribution < -0.4 is 11.1 Å². The summed E-state index contributed by atoms with van der Waals surface area (Å²) in [5.74, 6) is -1.05. The van der Waals surface area contributed by atoms with Crippen LogP contribution in [0.1, 0.15) is 52.2 Å². The molecule has 2 aromatic carbocycles. The van der Waals surface area contributed by atoms with Crippen molar-refractivity contribution in [3.63, 3.8) is 0 Å². The molecule has 4 N–H and O–H groups in total. The van der Waals surface area contributed by atoms with E-state index < -0.39 is 11.4 Å². The zero-order valence-corrected chi connectivity index (χ0v) is 17.0. The highest BCUT2D eigenvalue weighted by Gasteiger charge is 2.65. The van der Waals surface area contributed by atoms with Crippen molar-refractivity contribution >= 4 is 41.8 Å². The summed E-state index contributed by atoms with van der Waals surface area (Å²) >= 11 is 10.4. The van der Waals surface area contributed by atoms with Crippen molar-refractivity contribution in [1.82, 2.24) is 0 Å². The zero-order valence-electron chi connectivity index (χ0n) is 15.3. The van der Waals surface area contributed by atoms with Gasteiger partial charge in [0.1, 0.15) is 0 Å². The summed E-state index contributed by atoms with van der Waals surface area (Å²) in [5, 5.41) is 12.7. The van der Waals surface area contributed by atoms with Crippen LogP contribution in [0.3, 0.4) is 0 Å². The summed E-state index contributed by atoms with van der Waals surface area (Å²) < 4.78 is 0. The number of rotatable bonds is 2. The fraction of sp³-hybridized carbons (Fsp3) is 0.333. The lowest BCUT2D eigenvalue weighted by Crippen LogP contribution is -2.21. The Morgan fingerprint density at radius 3 is 2.61 bits per heavy atom. The molecule has 28 heavy (non-hydrogen) atoms. The van der Waals surface area contributed by atoms with Gasteiger partial charge in [-0.1, -0.05) is 23.7 Å². The number of aryl methyl sites for hydroxylation is 1. The molecular formula is C21H21ClN2O3S. The third kappa shape index (κ3) is 3.19. The summed E-state index contributed by atoms with van der Waals surface area (Å²) in [4.78, 5) is 24.6. The second-order valence-corrected chi connectivity index (χ2v) is 8.64. The normalized spacial score (nSPS) is 24.3. The van der Waals surface area contributed by atoms with Gasteiger partial charge in [-0.25, -0.2) is 4.79 Å². The molecule has 2 aromatic rings. The van der Waals surface area contributed by atoms with Crippen LogP contribution in [0.25, 0.3) is 0 Å². The molecule has 5 rings (SSSR count). The number of fused-ring (bicyclic) bond motifs is 2. The number of hydrogen-bond donors (Lipinski definition) is 4. The number of anilines is 1. The van der Waals surface area contributed by atoms with Gasteiger partial charge in [0.05, 0.1) is 16.0 Å². The number of halogens is 1. The molecule has 2 aliphatic carbocycles. The van der Waals surface area contributed by atoms with Crippen LogP contribution in [0.4, 0.5) is 5.69 Å². The monoisotopic (exact) mass is 416 g/mol. The van der Waals surface area contributed by atoms with E-state index in [1.165, 1.54) is 12.8 Å². The molecule has 1 heterocycles. The van der Waals surface area contributed by atoms with Crippen molar-refractivity contribution in [3.05, 3.63) is 57.6 Å². The Balaban J connectivity index is 0.000000429. The van der Waals surface area contributed by atoms with Gasteiger partial charge in [-0.2, -0.15) is 0 Å². The Bertz CT molecular complexity index is 1010. The minimum atomic E-state index is -0.954. The van der Waals surface area contributed by atoms with Crippen molar-refractivity contribution in [2.24, 2.45) is 5.73 Å². The lowest BCUT2D eigenvalue weighted by atomic mass is 9.91. The smallest absolute Gasteiger partial charge is 0.335 e. The molecule has 1 spiro atoms. The maximum absolute atomic E-state index is 12.6. The first kappa shape index (κ1) is 19.3. The molecule has 2 unspecified atom stereocenters. The third-order valence-electron chi connectivity index (χ3n) is 5.70. The van der Waals surface area contributed by atoms with Crippen LogP contribution in [-0.4, -0.2) is 23.0 Å². The number of amides is 1. The van der Waals surface area contributed by atoms with Gasteiger partial charge in [-0.3, -0.25) is 4.79 Å². The average molecular weight is 417 g/mol. The van der Waals surface area contributed by atoms with Crippen LogP contribution in [0.15, 0.2) is 35.2 Å². The Labute approximate surface area is 173 Å². The molecule has 1 aliphatic heterocycles. The van der Waals surface area contributed by atoms with Crippen molar-refractivity contribution in [3.8, 4) is 0 Å². The molecule has 1 amide bonds. The van der Waals surface area contributed by atoms with E-state index in [0.717, 1.165) is 16.8 Å². The fourth-order valence-corrected chi connectivity index (χ4v) is 4.14. The maximum atomic E-state index is 12.6. The molecule has 0 saturated heterocycles. The Morgan fingerprint density at radius 1 is 1.32 bits per heavy atom. The largest absolute Gasteiger partial charge is 0.478 e. The van der Waals surface area contributed by atoms with Crippen molar-refractivity contribution in [2.75, 3.05) is 5.32 Å². The standard InChI is InChI=1S/C18H14ClNO3S.C3H7N/c1-8-2-3-9(4-10(8)16(21)22)12-7-18(12)11-5-15(24)13(19)6-14(11)20-17(18)23;4-3-1-2-3/h2-6,12,24H,7H2,1H3,(H,20,23)(H,21,22);3H,1-2,4H2. The van der Waals surface area contributed by atoms with Gasteiger partial charge in [-0.15, -0.1) is 12.6 Å². The second-order valence-electron chi connectivity index (χ2n) is 7.75. The minimum Gasteiger partial charge on any atom is -0.478 e. The molecule has 2 saturated carbocycles. The highest BCUT2D eigenvalue weighted by atomic mass is 35.5. The van der Waals surface area contributed by atoms with E-state index in [-0.39, 0.29) is 17.4 Å². The zero-order chi connectivity index (χ0) is 20.2. The highest BCUT2D eigenvalue weighted by Crippen LogP contribution is 2.65. The molecule has 5 nitrogen and oxygen atoms in total. The summed E-state index contributed by atoms with van der Waals surface area (Å²) in [6, 6.07) is 9.53. The molecular weight excluding hydrogens is 396 g/mol. The first-order chi connectivity index (χ1) is 13.2. The summed E-state index contributed by atoms with van der Waals surface area (Å²) in [6.45, 7) is 1.77. The van der Waals surface area contributed by atoms with E-state index in [9.17, 15) is 14.7 Å². The third-order valence-corrected chi connectivity index (χ3v) is 6.51. The number of thiol groups is 1. The lowest BCUT2D eigenvalue weighted by Gasteiger charge is -2.11. The average Bonchev–Trinajstić information content (AvgIpc) is 3.54. The number of aromatic carboxylic acids is 1. The quantitative estimate of drug-likeness (QED) is 0.554. The Morgan fingerprint density at radius 2 is 2.00 bits per heavy atom. The van der Waals surface area contributed by atoms with Crippen molar-refractivity contribution in [2.45, 2.75) is 48.5 Å². The number of carboxylic acids is 1. The lowest BCUT2D eigenvalue weighted by molar-refractivity contribution is -0.118. The van der Waals surface area contributed by atoms with Crippen molar-refractivity contribution < 1.29 is 14.7 Å². The van der Waals surface area contributed by atoms with Gasteiger partial charge in [-0.05, 0) is 61.1 Å². The van der Waals surface area contributed by atoms with E-state index in [2.05, 4.69) is 17.9 Å². The van der Waals surface area contributed by atoms with Crippen LogP contribution in [-0.2, 0) is 10.2 Å². The maximum Gasteiger partial charge on any atom is 0.335 e. The van der Waals surface area contributed by atoms with Crippen molar-refractivity contribution in [1.29, 1.82) is 0 Å². The molecule has 2 atom stereocenters. The molecule has 146 valence electrons. The molecule has 0 radical (unpaired) electrons. The number of carbonyl (C=O) groups excluding carboxylic acids is 1. The topological polar surface area (TPSA) is 92.4 Å². The number of carbonyl (C=O) groups is 2. The van der Waals surface area contributed by atoms with Gasteiger partial charge < -0.3 is 16.2 Å². The number of nitrogens with two attached hydrogens (primary N) is 1. The number of nitrogens with one attached hydrogen (secondary N) is 1. The van der Waals surface area contributed by atoms with E-state index in [1.807, 2.05) is 12.1 Å². The molecule has 0 bridgehead atoms. The summed E-state index contributed by atoms with van der Waals surface area (Å²) in [7, 11) is 0. The SMILES string of the molecule is Cc1ccc(C2CC23C(=O)Nc2cc(Cl)c(S)cc23)cc1C(=O)O.NC1CC1. The van der Waals surface area contributed by atoms with Gasteiger partial charge in [0.25, 0.3) is 0 Å². The van der Waals surface area contributed by atoms with E-state index in [1.54, 1.807) is 25.1 Å². The van der Waals surface area contributed by atoms with Crippen LogP contribution in [0.5, 0.6) is 0 Å². The minimum absolute atomic E-state index is 0.0358. The molecule has 7 heteroatoms. The summed E-state index contributed by atoms with van der Waals surface area (Å²) in [6.07, 6.45) is 3.18.